The molecule has 3 rings (SSSR count). The van der Waals surface area contributed by atoms with Gasteiger partial charge in [0.1, 0.15) is 11.6 Å². The highest BCUT2D eigenvalue weighted by Crippen LogP contribution is 2.26. The number of hydrogen-bond donors (Lipinski definition) is 0. The van der Waals surface area contributed by atoms with Crippen LogP contribution in [0.15, 0.2) is 60.8 Å². The molecule has 0 aliphatic heterocycles. The summed E-state index contributed by atoms with van der Waals surface area (Å²) in [5, 5.41) is 0. The van der Waals surface area contributed by atoms with Crippen molar-refractivity contribution < 1.29 is 9.13 Å². The van der Waals surface area contributed by atoms with Crippen molar-refractivity contribution in [2.45, 2.75) is 52.4 Å². The van der Waals surface area contributed by atoms with Gasteiger partial charge in [0, 0.05) is 17.3 Å². The first-order valence-electron chi connectivity index (χ1n) is 10.7. The first-order valence-corrected chi connectivity index (χ1v) is 10.7. The second-order valence-electron chi connectivity index (χ2n) is 7.43. The molecule has 1 heterocycles. The van der Waals surface area contributed by atoms with Crippen molar-refractivity contribution in [2.75, 3.05) is 6.61 Å². The monoisotopic (exact) mass is 391 g/mol. The number of aryl methyl sites for hydroxylation is 1. The van der Waals surface area contributed by atoms with Crippen LogP contribution >= 0.6 is 0 Å². The van der Waals surface area contributed by atoms with Gasteiger partial charge in [0.2, 0.25) is 0 Å². The fourth-order valence-electron chi connectivity index (χ4n) is 3.30. The summed E-state index contributed by atoms with van der Waals surface area (Å²) in [5.74, 6) is 0.681. The van der Waals surface area contributed by atoms with E-state index in [0.29, 0.717) is 11.3 Å². The van der Waals surface area contributed by atoms with Gasteiger partial charge in [0.25, 0.3) is 0 Å². The van der Waals surface area contributed by atoms with Gasteiger partial charge in [-0.05, 0) is 60.7 Å². The van der Waals surface area contributed by atoms with Crippen LogP contribution in [-0.4, -0.2) is 11.6 Å². The number of benzene rings is 2. The van der Waals surface area contributed by atoms with E-state index in [4.69, 9.17) is 4.74 Å². The fraction of sp³-hybridized carbons (Fsp3) is 0.346. The topological polar surface area (TPSA) is 22.1 Å². The Morgan fingerprint density at radius 3 is 2.24 bits per heavy atom. The molecule has 0 saturated carbocycles. The third-order valence-electron chi connectivity index (χ3n) is 5.10. The van der Waals surface area contributed by atoms with Gasteiger partial charge in [0.15, 0.2) is 0 Å². The third kappa shape index (κ3) is 5.90. The lowest BCUT2D eigenvalue weighted by molar-refractivity contribution is 0.309. The second kappa shape index (κ2) is 10.8. The van der Waals surface area contributed by atoms with Crippen LogP contribution in [0.5, 0.6) is 5.75 Å². The molecule has 1 aromatic heterocycles. The molecule has 3 heteroatoms. The number of rotatable bonds is 10. The SMILES string of the molecule is CCCCCc1ccc(-c2ccc(-c3ccc(OCCCC)cc3)cn2)c(F)c1. The minimum atomic E-state index is -0.201. The Bertz CT molecular complexity index is 888. The van der Waals surface area contributed by atoms with Crippen LogP contribution in [0.25, 0.3) is 22.4 Å². The van der Waals surface area contributed by atoms with E-state index >= 15 is 0 Å². The number of unbranched alkanes of at least 4 members (excludes halogenated alkanes) is 3. The van der Waals surface area contributed by atoms with Crippen LogP contribution in [0.2, 0.25) is 0 Å². The number of aromatic nitrogens is 1. The molecule has 0 bridgehead atoms. The van der Waals surface area contributed by atoms with Gasteiger partial charge in [-0.2, -0.15) is 0 Å². The lowest BCUT2D eigenvalue weighted by Gasteiger charge is -2.08. The molecule has 3 aromatic rings. The van der Waals surface area contributed by atoms with Crippen molar-refractivity contribution in [3.8, 4) is 28.1 Å². The Kier molecular flexibility index (Phi) is 7.80. The summed E-state index contributed by atoms with van der Waals surface area (Å²) < 4.78 is 20.3. The molecular formula is C26H30FNO. The maximum Gasteiger partial charge on any atom is 0.132 e. The average Bonchev–Trinajstić information content (AvgIpc) is 2.75. The van der Waals surface area contributed by atoms with E-state index in [9.17, 15) is 4.39 Å². The molecule has 0 N–H and O–H groups in total. The van der Waals surface area contributed by atoms with Crippen molar-refractivity contribution in [3.63, 3.8) is 0 Å². The van der Waals surface area contributed by atoms with Crippen LogP contribution in [0.1, 0.15) is 51.5 Å². The molecule has 0 aliphatic carbocycles. The van der Waals surface area contributed by atoms with Gasteiger partial charge in [-0.3, -0.25) is 4.98 Å². The molecular weight excluding hydrogens is 361 g/mol. The van der Waals surface area contributed by atoms with E-state index in [0.717, 1.165) is 54.7 Å². The Labute approximate surface area is 173 Å². The molecule has 0 saturated heterocycles. The molecule has 2 nitrogen and oxygen atoms in total. The van der Waals surface area contributed by atoms with Gasteiger partial charge in [-0.15, -0.1) is 0 Å². The molecule has 152 valence electrons. The normalized spacial score (nSPS) is 10.9. The molecule has 0 atom stereocenters. The van der Waals surface area contributed by atoms with Gasteiger partial charge in [0.05, 0.1) is 12.3 Å². The fourth-order valence-corrected chi connectivity index (χ4v) is 3.30. The largest absolute Gasteiger partial charge is 0.494 e. The standard InChI is InChI=1S/C26H30FNO/c1-3-5-7-8-20-9-15-24(25(27)18-20)26-16-12-22(19-28-26)21-10-13-23(14-11-21)29-17-6-4-2/h9-16,18-19H,3-8,17H2,1-2H3. The van der Waals surface area contributed by atoms with Gasteiger partial charge in [-0.1, -0.05) is 57.4 Å². The van der Waals surface area contributed by atoms with E-state index in [-0.39, 0.29) is 5.82 Å². The predicted molar refractivity (Wildman–Crippen MR) is 119 cm³/mol. The summed E-state index contributed by atoms with van der Waals surface area (Å²) in [6, 6.07) is 17.4. The first-order chi connectivity index (χ1) is 14.2. The Hall–Kier alpha value is -2.68. The first kappa shape index (κ1) is 21.0. The minimum Gasteiger partial charge on any atom is -0.494 e. The van der Waals surface area contributed by atoms with Crippen LogP contribution in [-0.2, 0) is 6.42 Å². The minimum absolute atomic E-state index is 0.201. The molecule has 0 radical (unpaired) electrons. The molecule has 2 aromatic carbocycles. The lowest BCUT2D eigenvalue weighted by atomic mass is 10.0. The third-order valence-corrected chi connectivity index (χ3v) is 5.10. The van der Waals surface area contributed by atoms with Crippen molar-refractivity contribution >= 4 is 0 Å². The zero-order valence-corrected chi connectivity index (χ0v) is 17.5. The maximum atomic E-state index is 14.6. The summed E-state index contributed by atoms with van der Waals surface area (Å²) in [4.78, 5) is 4.50. The zero-order valence-electron chi connectivity index (χ0n) is 17.5. The average molecular weight is 392 g/mol. The zero-order chi connectivity index (χ0) is 20.5. The summed E-state index contributed by atoms with van der Waals surface area (Å²) in [5.41, 5.74) is 4.34. The van der Waals surface area contributed by atoms with E-state index < -0.39 is 0 Å². The van der Waals surface area contributed by atoms with E-state index in [1.54, 1.807) is 12.3 Å². The number of ether oxygens (including phenoxy) is 1. The van der Waals surface area contributed by atoms with E-state index in [1.165, 1.54) is 12.8 Å². The quantitative estimate of drug-likeness (QED) is 0.334. The van der Waals surface area contributed by atoms with Crippen molar-refractivity contribution in [1.29, 1.82) is 0 Å². The highest BCUT2D eigenvalue weighted by Gasteiger charge is 2.08. The van der Waals surface area contributed by atoms with Crippen LogP contribution in [0.4, 0.5) is 4.39 Å². The lowest BCUT2D eigenvalue weighted by Crippen LogP contribution is -1.96. The van der Waals surface area contributed by atoms with Crippen LogP contribution in [0, 0.1) is 5.82 Å². The Morgan fingerprint density at radius 1 is 0.828 bits per heavy atom. The van der Waals surface area contributed by atoms with Crippen LogP contribution < -0.4 is 4.74 Å². The highest BCUT2D eigenvalue weighted by molar-refractivity contribution is 5.67. The highest BCUT2D eigenvalue weighted by atomic mass is 19.1. The molecule has 29 heavy (non-hydrogen) atoms. The van der Waals surface area contributed by atoms with E-state index in [1.807, 2.05) is 48.5 Å². The molecule has 0 fully saturated rings. The van der Waals surface area contributed by atoms with Crippen molar-refractivity contribution in [1.82, 2.24) is 4.98 Å². The van der Waals surface area contributed by atoms with Gasteiger partial charge in [-0.25, -0.2) is 4.39 Å². The van der Waals surface area contributed by atoms with Crippen molar-refractivity contribution in [3.05, 3.63) is 72.2 Å². The smallest absolute Gasteiger partial charge is 0.132 e. The summed E-state index contributed by atoms with van der Waals surface area (Å²) in [6.07, 6.45) is 8.36. The Balaban J connectivity index is 1.68. The van der Waals surface area contributed by atoms with E-state index in [2.05, 4.69) is 18.8 Å². The Morgan fingerprint density at radius 2 is 1.59 bits per heavy atom. The summed E-state index contributed by atoms with van der Waals surface area (Å²) in [6.45, 7) is 5.07. The molecule has 0 spiro atoms. The molecule has 0 aliphatic rings. The summed E-state index contributed by atoms with van der Waals surface area (Å²) in [7, 11) is 0. The van der Waals surface area contributed by atoms with Gasteiger partial charge < -0.3 is 4.74 Å². The number of pyridine rings is 1. The molecule has 0 amide bonds. The second-order valence-corrected chi connectivity index (χ2v) is 7.43. The summed E-state index contributed by atoms with van der Waals surface area (Å²) >= 11 is 0. The number of nitrogens with zero attached hydrogens (tertiary/aromatic N) is 1. The molecule has 0 unspecified atom stereocenters. The predicted octanol–water partition coefficient (Wildman–Crippen LogP) is 7.47. The van der Waals surface area contributed by atoms with Gasteiger partial charge >= 0.3 is 0 Å². The maximum absolute atomic E-state index is 14.6. The number of halogens is 1. The number of hydrogen-bond acceptors (Lipinski definition) is 2. The van der Waals surface area contributed by atoms with Crippen LogP contribution in [0.3, 0.4) is 0 Å². The van der Waals surface area contributed by atoms with Crippen molar-refractivity contribution in [2.24, 2.45) is 0 Å².